The lowest BCUT2D eigenvalue weighted by molar-refractivity contribution is 0.0950. The van der Waals surface area contributed by atoms with E-state index in [9.17, 15) is 4.79 Å². The van der Waals surface area contributed by atoms with Gasteiger partial charge < -0.3 is 5.32 Å². The Balaban J connectivity index is 2.05. The minimum Gasteiger partial charge on any atom is -0.348 e. The first kappa shape index (κ1) is 13.8. The van der Waals surface area contributed by atoms with Crippen LogP contribution in [0.15, 0.2) is 46.9 Å². The molecular formula is C16H16BrNO. The predicted molar refractivity (Wildman–Crippen MR) is 81.2 cm³/mol. The molecule has 2 aromatic carbocycles. The van der Waals surface area contributed by atoms with Crippen LogP contribution in [0.1, 0.15) is 27.0 Å². The Bertz CT molecular complexity index is 590. The summed E-state index contributed by atoms with van der Waals surface area (Å²) in [7, 11) is 0. The summed E-state index contributed by atoms with van der Waals surface area (Å²) in [6.45, 7) is 4.48. The summed E-state index contributed by atoms with van der Waals surface area (Å²) >= 11 is 3.39. The molecule has 19 heavy (non-hydrogen) atoms. The van der Waals surface area contributed by atoms with E-state index in [1.807, 2.05) is 56.3 Å². The summed E-state index contributed by atoms with van der Waals surface area (Å²) in [5.41, 5.74) is 3.93. The lowest BCUT2D eigenvalue weighted by Crippen LogP contribution is -2.23. The third kappa shape index (κ3) is 3.67. The topological polar surface area (TPSA) is 29.1 Å². The molecule has 98 valence electrons. The number of amides is 1. The van der Waals surface area contributed by atoms with Crippen LogP contribution in [0.5, 0.6) is 0 Å². The molecular weight excluding hydrogens is 302 g/mol. The van der Waals surface area contributed by atoms with Gasteiger partial charge in [0, 0.05) is 16.6 Å². The van der Waals surface area contributed by atoms with Gasteiger partial charge in [-0.1, -0.05) is 45.8 Å². The molecule has 0 fully saturated rings. The van der Waals surface area contributed by atoms with Crippen molar-refractivity contribution in [1.82, 2.24) is 5.32 Å². The Labute approximate surface area is 122 Å². The summed E-state index contributed by atoms with van der Waals surface area (Å²) in [6.07, 6.45) is 0. The highest BCUT2D eigenvalue weighted by molar-refractivity contribution is 9.10. The average Bonchev–Trinajstić information content (AvgIpc) is 2.40. The van der Waals surface area contributed by atoms with Crippen LogP contribution >= 0.6 is 15.9 Å². The van der Waals surface area contributed by atoms with E-state index in [0.717, 1.165) is 26.7 Å². The van der Waals surface area contributed by atoms with Crippen LogP contribution < -0.4 is 5.32 Å². The molecule has 3 heteroatoms. The van der Waals surface area contributed by atoms with Gasteiger partial charge in [0.25, 0.3) is 5.91 Å². The molecule has 2 aromatic rings. The molecule has 1 amide bonds. The Morgan fingerprint density at radius 2 is 1.79 bits per heavy atom. The summed E-state index contributed by atoms with van der Waals surface area (Å²) in [5, 5.41) is 2.95. The number of rotatable bonds is 3. The number of hydrogen-bond acceptors (Lipinski definition) is 1. The molecule has 0 heterocycles. The minimum absolute atomic E-state index is 0.0240. The van der Waals surface area contributed by atoms with Crippen LogP contribution in [0.3, 0.4) is 0 Å². The van der Waals surface area contributed by atoms with E-state index in [-0.39, 0.29) is 5.91 Å². The normalized spacial score (nSPS) is 10.3. The van der Waals surface area contributed by atoms with Gasteiger partial charge >= 0.3 is 0 Å². The third-order valence-corrected chi connectivity index (χ3v) is 3.53. The number of halogens is 1. The quantitative estimate of drug-likeness (QED) is 0.911. The monoisotopic (exact) mass is 317 g/mol. The maximum Gasteiger partial charge on any atom is 0.251 e. The van der Waals surface area contributed by atoms with Crippen molar-refractivity contribution in [2.45, 2.75) is 20.4 Å². The largest absolute Gasteiger partial charge is 0.348 e. The molecule has 0 aliphatic carbocycles. The van der Waals surface area contributed by atoms with Gasteiger partial charge in [-0.15, -0.1) is 0 Å². The SMILES string of the molecule is Cc1ccc(C)c(C(=O)NCc2ccc(Br)cc2)c1. The molecule has 0 atom stereocenters. The van der Waals surface area contributed by atoms with E-state index in [2.05, 4.69) is 21.2 Å². The van der Waals surface area contributed by atoms with Crippen LogP contribution in [0.2, 0.25) is 0 Å². The molecule has 0 unspecified atom stereocenters. The van der Waals surface area contributed by atoms with Crippen molar-refractivity contribution >= 4 is 21.8 Å². The van der Waals surface area contributed by atoms with E-state index in [4.69, 9.17) is 0 Å². The summed E-state index contributed by atoms with van der Waals surface area (Å²) in [6, 6.07) is 13.8. The smallest absolute Gasteiger partial charge is 0.251 e. The molecule has 0 bridgehead atoms. The summed E-state index contributed by atoms with van der Waals surface area (Å²) in [5.74, 6) is -0.0240. The molecule has 0 radical (unpaired) electrons. The molecule has 0 aliphatic heterocycles. The van der Waals surface area contributed by atoms with Crippen molar-refractivity contribution in [3.05, 3.63) is 69.2 Å². The van der Waals surface area contributed by atoms with Crippen LogP contribution in [-0.2, 0) is 6.54 Å². The van der Waals surface area contributed by atoms with Crippen molar-refractivity contribution in [2.75, 3.05) is 0 Å². The second-order valence-corrected chi connectivity index (χ2v) is 5.54. The van der Waals surface area contributed by atoms with Crippen LogP contribution in [-0.4, -0.2) is 5.91 Å². The maximum atomic E-state index is 12.1. The van der Waals surface area contributed by atoms with Crippen LogP contribution in [0.25, 0.3) is 0 Å². The Morgan fingerprint density at radius 1 is 1.11 bits per heavy atom. The minimum atomic E-state index is -0.0240. The van der Waals surface area contributed by atoms with Gasteiger partial charge in [0.05, 0.1) is 0 Å². The molecule has 0 aliphatic rings. The molecule has 0 spiro atoms. The van der Waals surface area contributed by atoms with E-state index in [0.29, 0.717) is 6.54 Å². The first-order valence-electron chi connectivity index (χ1n) is 6.16. The number of carbonyl (C=O) groups is 1. The standard InChI is InChI=1S/C16H16BrNO/c1-11-3-4-12(2)15(9-11)16(19)18-10-13-5-7-14(17)8-6-13/h3-9H,10H2,1-2H3,(H,18,19). The third-order valence-electron chi connectivity index (χ3n) is 3.00. The van der Waals surface area contributed by atoms with Gasteiger partial charge in [0.15, 0.2) is 0 Å². The van der Waals surface area contributed by atoms with Crippen LogP contribution in [0, 0.1) is 13.8 Å². The zero-order valence-corrected chi connectivity index (χ0v) is 12.6. The summed E-state index contributed by atoms with van der Waals surface area (Å²) in [4.78, 5) is 12.1. The lowest BCUT2D eigenvalue weighted by atomic mass is 10.1. The molecule has 1 N–H and O–H groups in total. The zero-order valence-electron chi connectivity index (χ0n) is 11.0. The van der Waals surface area contributed by atoms with E-state index < -0.39 is 0 Å². The van der Waals surface area contributed by atoms with E-state index >= 15 is 0 Å². The number of hydrogen-bond donors (Lipinski definition) is 1. The van der Waals surface area contributed by atoms with Crippen molar-refractivity contribution in [1.29, 1.82) is 0 Å². The predicted octanol–water partition coefficient (Wildman–Crippen LogP) is 4.00. The molecule has 2 nitrogen and oxygen atoms in total. The van der Waals surface area contributed by atoms with Gasteiger partial charge in [0.1, 0.15) is 0 Å². The van der Waals surface area contributed by atoms with Crippen LogP contribution in [0.4, 0.5) is 0 Å². The number of carbonyl (C=O) groups excluding carboxylic acids is 1. The highest BCUT2D eigenvalue weighted by Gasteiger charge is 2.08. The van der Waals surface area contributed by atoms with Gasteiger partial charge in [-0.05, 0) is 43.2 Å². The zero-order chi connectivity index (χ0) is 13.8. The Kier molecular flexibility index (Phi) is 4.38. The first-order valence-corrected chi connectivity index (χ1v) is 6.95. The number of nitrogens with one attached hydrogen (secondary N) is 1. The van der Waals surface area contributed by atoms with Crippen molar-refractivity contribution in [2.24, 2.45) is 0 Å². The van der Waals surface area contributed by atoms with Crippen molar-refractivity contribution in [3.8, 4) is 0 Å². The van der Waals surface area contributed by atoms with Gasteiger partial charge in [-0.25, -0.2) is 0 Å². The lowest BCUT2D eigenvalue weighted by Gasteiger charge is -2.08. The fraction of sp³-hybridized carbons (Fsp3) is 0.188. The maximum absolute atomic E-state index is 12.1. The molecule has 2 rings (SSSR count). The number of benzene rings is 2. The highest BCUT2D eigenvalue weighted by Crippen LogP contribution is 2.12. The van der Waals surface area contributed by atoms with E-state index in [1.54, 1.807) is 0 Å². The summed E-state index contributed by atoms with van der Waals surface area (Å²) < 4.78 is 1.04. The molecule has 0 saturated heterocycles. The van der Waals surface area contributed by atoms with Gasteiger partial charge in [0.2, 0.25) is 0 Å². The van der Waals surface area contributed by atoms with Gasteiger partial charge in [-0.3, -0.25) is 4.79 Å². The fourth-order valence-corrected chi connectivity index (χ4v) is 2.12. The van der Waals surface area contributed by atoms with Crippen molar-refractivity contribution in [3.63, 3.8) is 0 Å². The van der Waals surface area contributed by atoms with E-state index in [1.165, 1.54) is 0 Å². The second kappa shape index (κ2) is 6.02. The first-order chi connectivity index (χ1) is 9.06. The fourth-order valence-electron chi connectivity index (χ4n) is 1.86. The van der Waals surface area contributed by atoms with Gasteiger partial charge in [-0.2, -0.15) is 0 Å². The highest BCUT2D eigenvalue weighted by atomic mass is 79.9. The second-order valence-electron chi connectivity index (χ2n) is 4.63. The number of aryl methyl sites for hydroxylation is 2. The van der Waals surface area contributed by atoms with Crippen molar-refractivity contribution < 1.29 is 4.79 Å². The Hall–Kier alpha value is -1.61. The average molecular weight is 318 g/mol. The Morgan fingerprint density at radius 3 is 2.47 bits per heavy atom. The molecule has 0 aromatic heterocycles. The molecule has 0 saturated carbocycles.